The number of aryl methyl sites for hydroxylation is 2. The Balaban J connectivity index is 1.90. The number of nitrogens with zero attached hydrogens (tertiary/aromatic N) is 2. The molecule has 2 heterocycles. The highest BCUT2D eigenvalue weighted by atomic mass is 16.5. The van der Waals surface area contributed by atoms with E-state index in [2.05, 4.69) is 6.92 Å². The Bertz CT molecular complexity index is 1230. The van der Waals surface area contributed by atoms with Gasteiger partial charge in [-0.15, -0.1) is 0 Å². The molecule has 0 spiro atoms. The summed E-state index contributed by atoms with van der Waals surface area (Å²) in [6.07, 6.45) is 0.901. The summed E-state index contributed by atoms with van der Waals surface area (Å²) in [6.45, 7) is 7.76. The minimum atomic E-state index is -0.509. The predicted molar refractivity (Wildman–Crippen MR) is 126 cm³/mol. The van der Waals surface area contributed by atoms with Crippen LogP contribution in [0.5, 0.6) is 5.75 Å². The maximum absolute atomic E-state index is 13.7. The maximum Gasteiger partial charge on any atom is 0.290 e. The smallest absolute Gasteiger partial charge is 0.290 e. The van der Waals surface area contributed by atoms with E-state index in [1.54, 1.807) is 4.90 Å². The van der Waals surface area contributed by atoms with Crippen LogP contribution in [0.15, 0.2) is 45.6 Å². The van der Waals surface area contributed by atoms with Crippen molar-refractivity contribution in [3.8, 4) is 5.75 Å². The van der Waals surface area contributed by atoms with E-state index in [1.807, 2.05) is 69.2 Å². The lowest BCUT2D eigenvalue weighted by atomic mass is 9.97. The lowest BCUT2D eigenvalue weighted by Crippen LogP contribution is -2.35. The van der Waals surface area contributed by atoms with Gasteiger partial charge in [0.2, 0.25) is 5.76 Å². The van der Waals surface area contributed by atoms with Crippen molar-refractivity contribution in [2.75, 3.05) is 33.8 Å². The third kappa shape index (κ3) is 3.91. The van der Waals surface area contributed by atoms with Gasteiger partial charge in [-0.25, -0.2) is 0 Å². The zero-order valence-electron chi connectivity index (χ0n) is 19.4. The third-order valence-corrected chi connectivity index (χ3v) is 6.02. The van der Waals surface area contributed by atoms with Gasteiger partial charge in [-0.1, -0.05) is 19.1 Å². The Kier molecular flexibility index (Phi) is 6.07. The highest BCUT2D eigenvalue weighted by Crippen LogP contribution is 2.39. The van der Waals surface area contributed by atoms with Gasteiger partial charge in [-0.2, -0.15) is 0 Å². The van der Waals surface area contributed by atoms with Crippen molar-refractivity contribution >= 4 is 16.9 Å². The van der Waals surface area contributed by atoms with E-state index in [1.165, 1.54) is 0 Å². The van der Waals surface area contributed by atoms with Gasteiger partial charge in [0.05, 0.1) is 23.6 Å². The van der Waals surface area contributed by atoms with Crippen molar-refractivity contribution in [3.63, 3.8) is 0 Å². The van der Waals surface area contributed by atoms with Gasteiger partial charge in [0, 0.05) is 13.1 Å². The second-order valence-electron chi connectivity index (χ2n) is 8.73. The first-order valence-electron chi connectivity index (χ1n) is 11.1. The van der Waals surface area contributed by atoms with Crippen LogP contribution in [0.4, 0.5) is 0 Å². The third-order valence-electron chi connectivity index (χ3n) is 6.02. The van der Waals surface area contributed by atoms with Crippen molar-refractivity contribution in [1.82, 2.24) is 9.80 Å². The number of hydrogen-bond donors (Lipinski definition) is 0. The average molecular weight is 435 g/mol. The van der Waals surface area contributed by atoms with Crippen molar-refractivity contribution in [2.45, 2.75) is 33.2 Å². The molecule has 0 saturated heterocycles. The molecule has 6 heteroatoms. The normalized spacial score (nSPS) is 15.6. The summed E-state index contributed by atoms with van der Waals surface area (Å²) in [5, 5.41) is 0.512. The standard InChI is InChI=1S/C26H30N2O4/c1-6-12-31-19-9-7-8-18(15-19)23-22-24(29)20-13-16(2)17(3)14-21(20)32-25(22)26(30)28(23)11-10-27(4)5/h7-9,13-15,23H,6,10-12H2,1-5H3/t23-/m0/s1. The molecule has 168 valence electrons. The molecule has 1 aliphatic heterocycles. The minimum Gasteiger partial charge on any atom is -0.494 e. The number of hydrogen-bond acceptors (Lipinski definition) is 5. The van der Waals surface area contributed by atoms with E-state index in [-0.39, 0.29) is 17.1 Å². The zero-order chi connectivity index (χ0) is 23.0. The van der Waals surface area contributed by atoms with Crippen LogP contribution in [0.2, 0.25) is 0 Å². The molecule has 0 aliphatic carbocycles. The van der Waals surface area contributed by atoms with Crippen LogP contribution >= 0.6 is 0 Å². The molecule has 2 aromatic carbocycles. The molecule has 4 rings (SSSR count). The topological polar surface area (TPSA) is 63.0 Å². The molecular weight excluding hydrogens is 404 g/mol. The van der Waals surface area contributed by atoms with Crippen LogP contribution in [0, 0.1) is 13.8 Å². The lowest BCUT2D eigenvalue weighted by molar-refractivity contribution is 0.0716. The fourth-order valence-electron chi connectivity index (χ4n) is 4.15. The lowest BCUT2D eigenvalue weighted by Gasteiger charge is -2.26. The Labute approximate surface area is 188 Å². The molecule has 0 unspecified atom stereocenters. The fraction of sp³-hybridized carbons (Fsp3) is 0.385. The first-order valence-corrected chi connectivity index (χ1v) is 11.1. The van der Waals surface area contributed by atoms with Crippen LogP contribution in [0.25, 0.3) is 11.0 Å². The maximum atomic E-state index is 13.7. The molecule has 1 aromatic heterocycles. The highest BCUT2D eigenvalue weighted by Gasteiger charge is 2.42. The summed E-state index contributed by atoms with van der Waals surface area (Å²) < 4.78 is 11.9. The number of benzene rings is 2. The number of likely N-dealkylation sites (N-methyl/N-ethyl adjacent to an activating group) is 1. The summed E-state index contributed by atoms with van der Waals surface area (Å²) in [4.78, 5) is 30.9. The van der Waals surface area contributed by atoms with E-state index in [0.29, 0.717) is 36.2 Å². The first kappa shape index (κ1) is 22.1. The van der Waals surface area contributed by atoms with Crippen molar-refractivity contribution in [3.05, 3.63) is 74.6 Å². The molecule has 1 aliphatic rings. The quantitative estimate of drug-likeness (QED) is 0.555. The Morgan fingerprint density at radius 2 is 1.84 bits per heavy atom. The van der Waals surface area contributed by atoms with Crippen LogP contribution in [0.1, 0.15) is 52.2 Å². The molecule has 0 saturated carbocycles. The average Bonchev–Trinajstić information content (AvgIpc) is 3.04. The number of carbonyl (C=O) groups is 1. The number of fused-ring (bicyclic) bond motifs is 2. The van der Waals surface area contributed by atoms with Gasteiger partial charge in [0.15, 0.2) is 5.43 Å². The second-order valence-corrected chi connectivity index (χ2v) is 8.73. The van der Waals surface area contributed by atoms with E-state index in [4.69, 9.17) is 9.15 Å². The van der Waals surface area contributed by atoms with Crippen LogP contribution in [-0.4, -0.2) is 49.5 Å². The van der Waals surface area contributed by atoms with E-state index in [9.17, 15) is 9.59 Å². The molecule has 1 atom stereocenters. The highest BCUT2D eigenvalue weighted by molar-refractivity contribution is 5.99. The van der Waals surface area contributed by atoms with Gasteiger partial charge in [0.1, 0.15) is 11.3 Å². The largest absolute Gasteiger partial charge is 0.494 e. The molecule has 1 amide bonds. The van der Waals surface area contributed by atoms with E-state index in [0.717, 1.165) is 28.9 Å². The second kappa shape index (κ2) is 8.79. The first-order chi connectivity index (χ1) is 15.3. The molecule has 0 bridgehead atoms. The Morgan fingerprint density at radius 3 is 2.56 bits per heavy atom. The van der Waals surface area contributed by atoms with Crippen molar-refractivity contribution in [1.29, 1.82) is 0 Å². The van der Waals surface area contributed by atoms with Crippen LogP contribution < -0.4 is 10.2 Å². The zero-order valence-corrected chi connectivity index (χ0v) is 19.4. The molecule has 0 fully saturated rings. The molecule has 32 heavy (non-hydrogen) atoms. The minimum absolute atomic E-state index is 0.144. The summed E-state index contributed by atoms with van der Waals surface area (Å²) in [5.74, 6) is 0.632. The van der Waals surface area contributed by atoms with Gasteiger partial charge in [-0.3, -0.25) is 9.59 Å². The molecule has 3 aromatic rings. The number of carbonyl (C=O) groups excluding carboxylic acids is 1. The van der Waals surface area contributed by atoms with Crippen molar-refractivity contribution < 1.29 is 13.9 Å². The van der Waals surface area contributed by atoms with Crippen LogP contribution in [0.3, 0.4) is 0 Å². The monoisotopic (exact) mass is 434 g/mol. The van der Waals surface area contributed by atoms with E-state index < -0.39 is 6.04 Å². The molecule has 0 N–H and O–H groups in total. The molecular formula is C26H30N2O4. The molecule has 6 nitrogen and oxygen atoms in total. The summed E-state index contributed by atoms with van der Waals surface area (Å²) in [6, 6.07) is 10.9. The fourth-order valence-corrected chi connectivity index (χ4v) is 4.15. The van der Waals surface area contributed by atoms with Crippen molar-refractivity contribution in [2.24, 2.45) is 0 Å². The van der Waals surface area contributed by atoms with Crippen LogP contribution in [-0.2, 0) is 0 Å². The van der Waals surface area contributed by atoms with E-state index >= 15 is 0 Å². The van der Waals surface area contributed by atoms with Gasteiger partial charge in [-0.05, 0) is 75.3 Å². The number of ether oxygens (including phenoxy) is 1. The van der Waals surface area contributed by atoms with Gasteiger partial charge >= 0.3 is 0 Å². The number of amides is 1. The number of rotatable bonds is 7. The Hall–Kier alpha value is -3.12. The summed E-state index contributed by atoms with van der Waals surface area (Å²) in [7, 11) is 3.93. The molecule has 0 radical (unpaired) electrons. The summed E-state index contributed by atoms with van der Waals surface area (Å²) in [5.41, 5.74) is 3.61. The van der Waals surface area contributed by atoms with Gasteiger partial charge < -0.3 is 19.0 Å². The summed E-state index contributed by atoms with van der Waals surface area (Å²) >= 11 is 0. The Morgan fingerprint density at radius 1 is 1.09 bits per heavy atom. The SMILES string of the molecule is CCCOc1cccc([C@H]2c3c(oc4cc(C)c(C)cc4c3=O)C(=O)N2CCN(C)C)c1. The van der Waals surface area contributed by atoms with Gasteiger partial charge in [0.25, 0.3) is 5.91 Å². The predicted octanol–water partition coefficient (Wildman–Crippen LogP) is 4.31.